The van der Waals surface area contributed by atoms with Gasteiger partial charge in [-0.1, -0.05) is 46.6 Å². The van der Waals surface area contributed by atoms with Gasteiger partial charge < -0.3 is 10.2 Å². The highest BCUT2D eigenvalue weighted by atomic mass is 79.9. The molecule has 34 heavy (non-hydrogen) atoms. The SMILES string of the molecule is CC[C@@H](C)NC(=O)[C@H](C)N(Cc1ccc(Cl)cc1)C(=O)CN(c1ccc(Br)c(C)c1)S(C)(=O)=O. The van der Waals surface area contributed by atoms with Gasteiger partial charge in [0.25, 0.3) is 0 Å². The summed E-state index contributed by atoms with van der Waals surface area (Å²) >= 11 is 9.39. The molecule has 2 rings (SSSR count). The summed E-state index contributed by atoms with van der Waals surface area (Å²) in [5, 5.41) is 3.45. The molecule has 2 aromatic rings. The number of hydrogen-bond donors (Lipinski definition) is 1. The van der Waals surface area contributed by atoms with Crippen molar-refractivity contribution in [2.24, 2.45) is 0 Å². The highest BCUT2D eigenvalue weighted by molar-refractivity contribution is 9.10. The number of hydrogen-bond acceptors (Lipinski definition) is 4. The van der Waals surface area contributed by atoms with Crippen molar-refractivity contribution in [2.75, 3.05) is 17.1 Å². The topological polar surface area (TPSA) is 86.8 Å². The zero-order valence-corrected chi connectivity index (χ0v) is 23.2. The molecule has 0 aromatic heterocycles. The third-order valence-electron chi connectivity index (χ3n) is 5.54. The maximum absolute atomic E-state index is 13.5. The van der Waals surface area contributed by atoms with Crippen molar-refractivity contribution in [3.05, 3.63) is 63.1 Å². The molecule has 2 atom stereocenters. The highest BCUT2D eigenvalue weighted by Gasteiger charge is 2.30. The number of carbonyl (C=O) groups excluding carboxylic acids is 2. The van der Waals surface area contributed by atoms with Crippen molar-refractivity contribution >= 4 is 55.1 Å². The van der Waals surface area contributed by atoms with Crippen molar-refractivity contribution in [3.8, 4) is 0 Å². The zero-order chi connectivity index (χ0) is 25.6. The minimum atomic E-state index is -3.77. The number of sulfonamides is 1. The predicted molar refractivity (Wildman–Crippen MR) is 140 cm³/mol. The summed E-state index contributed by atoms with van der Waals surface area (Å²) in [5.41, 5.74) is 1.98. The summed E-state index contributed by atoms with van der Waals surface area (Å²) in [6.07, 6.45) is 1.80. The van der Waals surface area contributed by atoms with Crippen LogP contribution in [0.4, 0.5) is 5.69 Å². The molecule has 7 nitrogen and oxygen atoms in total. The van der Waals surface area contributed by atoms with Gasteiger partial charge in [-0.15, -0.1) is 0 Å². The number of nitrogens with one attached hydrogen (secondary N) is 1. The lowest BCUT2D eigenvalue weighted by Gasteiger charge is -2.32. The van der Waals surface area contributed by atoms with Crippen LogP contribution in [0.2, 0.25) is 5.02 Å². The van der Waals surface area contributed by atoms with Crippen LogP contribution in [0.5, 0.6) is 0 Å². The first-order valence-electron chi connectivity index (χ1n) is 10.9. The first-order valence-corrected chi connectivity index (χ1v) is 13.9. The van der Waals surface area contributed by atoms with Crippen molar-refractivity contribution in [3.63, 3.8) is 0 Å². The zero-order valence-electron chi connectivity index (χ0n) is 20.0. The Bertz CT molecular complexity index is 1130. The van der Waals surface area contributed by atoms with Gasteiger partial charge >= 0.3 is 0 Å². The number of benzene rings is 2. The van der Waals surface area contributed by atoms with E-state index in [1.807, 2.05) is 20.8 Å². The molecular formula is C24H31BrClN3O4S. The average Bonchev–Trinajstić information content (AvgIpc) is 2.77. The molecule has 0 unspecified atom stereocenters. The monoisotopic (exact) mass is 571 g/mol. The van der Waals surface area contributed by atoms with Crippen LogP contribution in [-0.2, 0) is 26.2 Å². The summed E-state index contributed by atoms with van der Waals surface area (Å²) in [4.78, 5) is 27.8. The number of amides is 2. The van der Waals surface area contributed by atoms with E-state index in [-0.39, 0.29) is 18.5 Å². The molecule has 2 amide bonds. The van der Waals surface area contributed by atoms with E-state index in [1.165, 1.54) is 4.90 Å². The Morgan fingerprint density at radius 2 is 1.74 bits per heavy atom. The molecule has 2 aromatic carbocycles. The summed E-state index contributed by atoms with van der Waals surface area (Å²) < 4.78 is 27.1. The van der Waals surface area contributed by atoms with Crippen LogP contribution in [0.25, 0.3) is 0 Å². The maximum atomic E-state index is 13.5. The van der Waals surface area contributed by atoms with Crippen LogP contribution in [0.3, 0.4) is 0 Å². The molecule has 186 valence electrons. The molecule has 0 fully saturated rings. The van der Waals surface area contributed by atoms with E-state index in [9.17, 15) is 18.0 Å². The maximum Gasteiger partial charge on any atom is 0.244 e. The second-order valence-corrected chi connectivity index (χ2v) is 11.5. The fourth-order valence-electron chi connectivity index (χ4n) is 3.23. The van der Waals surface area contributed by atoms with E-state index in [1.54, 1.807) is 49.4 Å². The second-order valence-electron chi connectivity index (χ2n) is 8.35. The summed E-state index contributed by atoms with van der Waals surface area (Å²) in [6.45, 7) is 7.01. The Hall–Kier alpha value is -2.10. The molecule has 0 radical (unpaired) electrons. The van der Waals surface area contributed by atoms with Gasteiger partial charge in [0, 0.05) is 22.1 Å². The van der Waals surface area contributed by atoms with Gasteiger partial charge in [0.1, 0.15) is 12.6 Å². The molecule has 0 aliphatic carbocycles. The summed E-state index contributed by atoms with van der Waals surface area (Å²) in [6, 6.07) is 11.2. The van der Waals surface area contributed by atoms with E-state index in [2.05, 4.69) is 21.2 Å². The molecule has 1 N–H and O–H groups in total. The summed E-state index contributed by atoms with van der Waals surface area (Å²) in [5.74, 6) is -0.796. The van der Waals surface area contributed by atoms with Crippen molar-refractivity contribution in [1.29, 1.82) is 0 Å². The van der Waals surface area contributed by atoms with E-state index in [0.717, 1.165) is 32.6 Å². The number of aryl methyl sites for hydroxylation is 1. The number of nitrogens with zero attached hydrogens (tertiary/aromatic N) is 2. The lowest BCUT2D eigenvalue weighted by atomic mass is 10.1. The highest BCUT2D eigenvalue weighted by Crippen LogP contribution is 2.25. The minimum Gasteiger partial charge on any atom is -0.352 e. The fraction of sp³-hybridized carbons (Fsp3) is 0.417. The van der Waals surface area contributed by atoms with Gasteiger partial charge in [0.2, 0.25) is 21.8 Å². The molecule has 0 saturated heterocycles. The van der Waals surface area contributed by atoms with Crippen LogP contribution >= 0.6 is 27.5 Å². The van der Waals surface area contributed by atoms with Gasteiger partial charge in [-0.3, -0.25) is 13.9 Å². The average molecular weight is 573 g/mol. The molecule has 0 aliphatic heterocycles. The molecule has 0 spiro atoms. The van der Waals surface area contributed by atoms with E-state index < -0.39 is 28.5 Å². The predicted octanol–water partition coefficient (Wildman–Crippen LogP) is 4.51. The van der Waals surface area contributed by atoms with Gasteiger partial charge in [-0.05, 0) is 68.7 Å². The Balaban J connectivity index is 2.39. The molecule has 0 heterocycles. The Morgan fingerprint density at radius 1 is 1.12 bits per heavy atom. The van der Waals surface area contributed by atoms with E-state index in [0.29, 0.717) is 10.7 Å². The quantitative estimate of drug-likeness (QED) is 0.454. The third-order valence-corrected chi connectivity index (χ3v) is 7.83. The van der Waals surface area contributed by atoms with Gasteiger partial charge in [-0.25, -0.2) is 8.42 Å². The van der Waals surface area contributed by atoms with Crippen LogP contribution in [0.15, 0.2) is 46.9 Å². The minimum absolute atomic E-state index is 0.0549. The first-order chi connectivity index (χ1) is 15.8. The lowest BCUT2D eigenvalue weighted by molar-refractivity contribution is -0.139. The van der Waals surface area contributed by atoms with Crippen LogP contribution < -0.4 is 9.62 Å². The Labute approximate surface area is 215 Å². The number of anilines is 1. The first kappa shape index (κ1) is 28.1. The van der Waals surface area contributed by atoms with Crippen molar-refractivity contribution in [2.45, 2.75) is 52.7 Å². The number of rotatable bonds is 10. The summed E-state index contributed by atoms with van der Waals surface area (Å²) in [7, 11) is -3.77. The standard InChI is InChI=1S/C24H31BrClN3O4S/c1-6-17(3)27-24(31)18(4)28(14-19-7-9-20(26)10-8-19)23(30)15-29(34(5,32)33)21-11-12-22(25)16(2)13-21/h7-13,17-18H,6,14-15H2,1-5H3,(H,27,31)/t17-,18+/m1/s1. The van der Waals surface area contributed by atoms with Crippen LogP contribution in [0.1, 0.15) is 38.3 Å². The van der Waals surface area contributed by atoms with Gasteiger partial charge in [-0.2, -0.15) is 0 Å². The smallest absolute Gasteiger partial charge is 0.244 e. The van der Waals surface area contributed by atoms with E-state index in [4.69, 9.17) is 11.6 Å². The number of carbonyl (C=O) groups is 2. The lowest BCUT2D eigenvalue weighted by Crippen LogP contribution is -2.52. The normalized spacial score (nSPS) is 13.1. The van der Waals surface area contributed by atoms with Gasteiger partial charge in [0.15, 0.2) is 0 Å². The van der Waals surface area contributed by atoms with Crippen LogP contribution in [-0.4, -0.2) is 50.0 Å². The van der Waals surface area contributed by atoms with Gasteiger partial charge in [0.05, 0.1) is 11.9 Å². The molecule has 10 heteroatoms. The second kappa shape index (κ2) is 12.0. The largest absolute Gasteiger partial charge is 0.352 e. The van der Waals surface area contributed by atoms with Crippen molar-refractivity contribution < 1.29 is 18.0 Å². The number of halogens is 2. The Morgan fingerprint density at radius 3 is 2.26 bits per heavy atom. The Kier molecular flexibility index (Phi) is 9.96. The molecular weight excluding hydrogens is 542 g/mol. The molecule has 0 bridgehead atoms. The van der Waals surface area contributed by atoms with E-state index >= 15 is 0 Å². The molecule has 0 aliphatic rings. The third kappa shape index (κ3) is 7.71. The molecule has 0 saturated carbocycles. The van der Waals surface area contributed by atoms with Crippen LogP contribution in [0, 0.1) is 6.92 Å². The van der Waals surface area contributed by atoms with Crippen molar-refractivity contribution in [1.82, 2.24) is 10.2 Å². The fourth-order valence-corrected chi connectivity index (χ4v) is 4.45.